The molecule has 2 saturated heterocycles. The molecule has 0 bridgehead atoms. The van der Waals surface area contributed by atoms with Gasteiger partial charge in [-0.05, 0) is 12.5 Å². The summed E-state index contributed by atoms with van der Waals surface area (Å²) in [6.45, 7) is 2.61. The summed E-state index contributed by atoms with van der Waals surface area (Å²) in [5.74, 6) is 0. The monoisotopic (exact) mass is 250 g/mol. The third-order valence-corrected chi connectivity index (χ3v) is 3.50. The number of ether oxygens (including phenoxy) is 4. The Balaban J connectivity index is 1.52. The van der Waals surface area contributed by atoms with Crippen LogP contribution in [0.5, 0.6) is 0 Å². The molecular formula is C14H18O4. The molecular weight excluding hydrogens is 232 g/mol. The minimum absolute atomic E-state index is 0.000330. The molecule has 4 heteroatoms. The third kappa shape index (κ3) is 2.29. The van der Waals surface area contributed by atoms with Gasteiger partial charge in [-0.2, -0.15) is 0 Å². The van der Waals surface area contributed by atoms with Crippen LogP contribution in [0.2, 0.25) is 0 Å². The summed E-state index contributed by atoms with van der Waals surface area (Å²) in [5, 5.41) is 0. The maximum absolute atomic E-state index is 5.84. The molecule has 5 atom stereocenters. The molecule has 0 N–H and O–H groups in total. The van der Waals surface area contributed by atoms with E-state index in [-0.39, 0.29) is 30.7 Å². The van der Waals surface area contributed by atoms with Crippen LogP contribution in [0, 0.1) is 0 Å². The van der Waals surface area contributed by atoms with E-state index >= 15 is 0 Å². The molecule has 18 heavy (non-hydrogen) atoms. The van der Waals surface area contributed by atoms with Gasteiger partial charge < -0.3 is 18.9 Å². The normalized spacial score (nSPS) is 35.2. The molecule has 2 aliphatic rings. The van der Waals surface area contributed by atoms with Crippen LogP contribution in [-0.2, 0) is 25.6 Å². The van der Waals surface area contributed by atoms with Crippen molar-refractivity contribution in [3.63, 3.8) is 0 Å². The second kappa shape index (κ2) is 4.97. The molecule has 4 nitrogen and oxygen atoms in total. The van der Waals surface area contributed by atoms with Crippen LogP contribution in [0.3, 0.4) is 0 Å². The maximum Gasteiger partial charge on any atom is 0.186 e. The van der Waals surface area contributed by atoms with Crippen LogP contribution in [-0.4, -0.2) is 37.8 Å². The number of fused-ring (bicyclic) bond motifs is 1. The number of hydrogen-bond donors (Lipinski definition) is 0. The molecule has 0 unspecified atom stereocenters. The zero-order valence-corrected chi connectivity index (χ0v) is 10.6. The Morgan fingerprint density at radius 3 is 2.61 bits per heavy atom. The Bertz CT molecular complexity index is 394. The first-order chi connectivity index (χ1) is 8.79. The highest BCUT2D eigenvalue weighted by atomic mass is 16.8. The van der Waals surface area contributed by atoms with Gasteiger partial charge in [0.2, 0.25) is 0 Å². The van der Waals surface area contributed by atoms with Crippen molar-refractivity contribution >= 4 is 0 Å². The average molecular weight is 250 g/mol. The standard InChI is InChI=1S/C14H18O4/c1-9(16-8-10-6-4-3-5-7-10)11-12-13(17-12)14(15-2)18-11/h3-7,9,11-14H,8H2,1-2H3/t9-,11-,12-,13-,14+/m1/s1. The molecule has 1 aromatic carbocycles. The second-order valence-corrected chi connectivity index (χ2v) is 4.77. The second-order valence-electron chi connectivity index (χ2n) is 4.77. The Labute approximate surface area is 107 Å². The van der Waals surface area contributed by atoms with E-state index in [1.807, 2.05) is 25.1 Å². The number of epoxide rings is 1. The summed E-state index contributed by atoms with van der Waals surface area (Å²) in [6, 6.07) is 10.1. The lowest BCUT2D eigenvalue weighted by atomic mass is 10.1. The zero-order valence-electron chi connectivity index (χ0n) is 10.6. The van der Waals surface area contributed by atoms with E-state index in [1.54, 1.807) is 7.11 Å². The molecule has 0 radical (unpaired) electrons. The molecule has 2 heterocycles. The number of hydrogen-bond acceptors (Lipinski definition) is 4. The fourth-order valence-corrected chi connectivity index (χ4v) is 2.39. The van der Waals surface area contributed by atoms with Crippen molar-refractivity contribution in [3.05, 3.63) is 35.9 Å². The molecule has 0 aromatic heterocycles. The summed E-state index contributed by atoms with van der Waals surface area (Å²) in [5.41, 5.74) is 1.17. The van der Waals surface area contributed by atoms with Crippen molar-refractivity contribution in [2.45, 2.75) is 44.2 Å². The van der Waals surface area contributed by atoms with Gasteiger partial charge in [0.15, 0.2) is 6.29 Å². The molecule has 0 aliphatic carbocycles. The molecule has 1 aromatic rings. The molecule has 0 spiro atoms. The zero-order chi connectivity index (χ0) is 12.5. The van der Waals surface area contributed by atoms with E-state index in [4.69, 9.17) is 18.9 Å². The number of methoxy groups -OCH3 is 1. The Morgan fingerprint density at radius 1 is 1.17 bits per heavy atom. The van der Waals surface area contributed by atoms with Crippen molar-refractivity contribution in [1.29, 1.82) is 0 Å². The molecule has 3 rings (SSSR count). The minimum atomic E-state index is -0.234. The van der Waals surface area contributed by atoms with Gasteiger partial charge in [-0.1, -0.05) is 30.3 Å². The first kappa shape index (κ1) is 12.1. The topological polar surface area (TPSA) is 40.2 Å². The van der Waals surface area contributed by atoms with Gasteiger partial charge in [0, 0.05) is 7.11 Å². The molecule has 0 amide bonds. The summed E-state index contributed by atoms with van der Waals surface area (Å²) >= 11 is 0. The van der Waals surface area contributed by atoms with Gasteiger partial charge in [0.05, 0.1) is 12.7 Å². The summed E-state index contributed by atoms with van der Waals surface area (Å²) in [7, 11) is 1.64. The average Bonchev–Trinajstić information content (AvgIpc) is 3.12. The van der Waals surface area contributed by atoms with Crippen molar-refractivity contribution in [3.8, 4) is 0 Å². The van der Waals surface area contributed by atoms with Crippen LogP contribution < -0.4 is 0 Å². The van der Waals surface area contributed by atoms with E-state index in [0.717, 1.165) is 0 Å². The van der Waals surface area contributed by atoms with E-state index in [1.165, 1.54) is 5.56 Å². The SMILES string of the molecule is CO[C@H]1O[C@H]([C@@H](C)OCc2ccccc2)[C@H]2O[C@@H]12. The highest BCUT2D eigenvalue weighted by Crippen LogP contribution is 2.41. The lowest BCUT2D eigenvalue weighted by Gasteiger charge is -2.22. The van der Waals surface area contributed by atoms with Gasteiger partial charge in [-0.25, -0.2) is 0 Å². The first-order valence-corrected chi connectivity index (χ1v) is 6.29. The summed E-state index contributed by atoms with van der Waals surface area (Å²) < 4.78 is 22.3. The lowest BCUT2D eigenvalue weighted by molar-refractivity contribution is -0.187. The van der Waals surface area contributed by atoms with Gasteiger partial charge >= 0.3 is 0 Å². The predicted octanol–water partition coefficient (Wildman–Crippen LogP) is 1.73. The van der Waals surface area contributed by atoms with Crippen LogP contribution in [0.4, 0.5) is 0 Å². The lowest BCUT2D eigenvalue weighted by Crippen LogP contribution is -2.32. The van der Waals surface area contributed by atoms with Gasteiger partial charge in [-0.15, -0.1) is 0 Å². The van der Waals surface area contributed by atoms with Gasteiger partial charge in [-0.3, -0.25) is 0 Å². The fourth-order valence-electron chi connectivity index (χ4n) is 2.39. The van der Waals surface area contributed by atoms with E-state index in [0.29, 0.717) is 6.61 Å². The van der Waals surface area contributed by atoms with Gasteiger partial charge in [0.25, 0.3) is 0 Å². The Kier molecular flexibility index (Phi) is 3.35. The highest BCUT2D eigenvalue weighted by molar-refractivity contribution is 5.13. The van der Waals surface area contributed by atoms with Crippen molar-refractivity contribution in [1.82, 2.24) is 0 Å². The molecule has 2 fully saturated rings. The quantitative estimate of drug-likeness (QED) is 0.746. The maximum atomic E-state index is 5.84. The van der Waals surface area contributed by atoms with Crippen LogP contribution >= 0.6 is 0 Å². The van der Waals surface area contributed by atoms with E-state index in [2.05, 4.69) is 12.1 Å². The Morgan fingerprint density at radius 2 is 1.94 bits per heavy atom. The Hall–Kier alpha value is -0.940. The summed E-state index contributed by atoms with van der Waals surface area (Å²) in [4.78, 5) is 0. The van der Waals surface area contributed by atoms with Crippen LogP contribution in [0.25, 0.3) is 0 Å². The number of rotatable bonds is 5. The molecule has 0 saturated carbocycles. The summed E-state index contributed by atoms with van der Waals surface area (Å²) in [6.07, 6.45) is -0.0182. The van der Waals surface area contributed by atoms with Gasteiger partial charge in [0.1, 0.15) is 18.3 Å². The van der Waals surface area contributed by atoms with Crippen LogP contribution in [0.15, 0.2) is 30.3 Å². The predicted molar refractivity (Wildman–Crippen MR) is 65.0 cm³/mol. The molecule has 98 valence electrons. The van der Waals surface area contributed by atoms with Crippen molar-refractivity contribution in [2.75, 3.05) is 7.11 Å². The highest BCUT2D eigenvalue weighted by Gasteiger charge is 2.60. The first-order valence-electron chi connectivity index (χ1n) is 6.29. The van der Waals surface area contributed by atoms with Crippen molar-refractivity contribution < 1.29 is 18.9 Å². The van der Waals surface area contributed by atoms with Crippen LogP contribution in [0.1, 0.15) is 12.5 Å². The van der Waals surface area contributed by atoms with E-state index in [9.17, 15) is 0 Å². The van der Waals surface area contributed by atoms with E-state index < -0.39 is 0 Å². The molecule has 2 aliphatic heterocycles. The third-order valence-electron chi connectivity index (χ3n) is 3.50. The number of benzene rings is 1. The largest absolute Gasteiger partial charge is 0.371 e. The smallest absolute Gasteiger partial charge is 0.186 e. The van der Waals surface area contributed by atoms with Crippen molar-refractivity contribution in [2.24, 2.45) is 0 Å². The minimum Gasteiger partial charge on any atom is -0.371 e. The fraction of sp³-hybridized carbons (Fsp3) is 0.571.